The highest BCUT2D eigenvalue weighted by atomic mass is 14.2. The van der Waals surface area contributed by atoms with Gasteiger partial charge < -0.3 is 0 Å². The van der Waals surface area contributed by atoms with Gasteiger partial charge in [-0.25, -0.2) is 0 Å². The molecule has 0 amide bonds. The summed E-state index contributed by atoms with van der Waals surface area (Å²) in [5.74, 6) is 2.95. The molecule has 0 saturated carbocycles. The number of hydrogen-bond acceptors (Lipinski definition) is 0. The molecule has 0 spiro atoms. The van der Waals surface area contributed by atoms with Crippen LogP contribution in [-0.2, 0) is 0 Å². The van der Waals surface area contributed by atoms with Gasteiger partial charge in [0.15, 0.2) is 0 Å². The van der Waals surface area contributed by atoms with Crippen molar-refractivity contribution in [1.82, 2.24) is 0 Å². The van der Waals surface area contributed by atoms with Gasteiger partial charge in [0.05, 0.1) is 0 Å². The van der Waals surface area contributed by atoms with Crippen LogP contribution in [0.15, 0.2) is 34.9 Å². The molecule has 0 rings (SSSR count). The Hall–Kier alpha value is -0.780. The predicted molar refractivity (Wildman–Crippen MR) is 98.4 cm³/mol. The third kappa shape index (κ3) is 7.16. The van der Waals surface area contributed by atoms with Crippen molar-refractivity contribution in [3.8, 4) is 0 Å². The SMILES string of the molecule is CC(C)/C=C\C(=C(/C=C(C(C)C)C(C)C)C(C)C)C(C)C. The van der Waals surface area contributed by atoms with E-state index >= 15 is 0 Å². The smallest absolute Gasteiger partial charge is 0.0216 e. The van der Waals surface area contributed by atoms with E-state index in [4.69, 9.17) is 0 Å². The first-order valence-corrected chi connectivity index (χ1v) is 8.71. The van der Waals surface area contributed by atoms with Crippen molar-refractivity contribution >= 4 is 0 Å². The predicted octanol–water partition coefficient (Wildman–Crippen LogP) is 7.05. The maximum Gasteiger partial charge on any atom is -0.0216 e. The van der Waals surface area contributed by atoms with E-state index < -0.39 is 0 Å². The van der Waals surface area contributed by atoms with E-state index in [2.05, 4.69) is 87.5 Å². The Kier molecular flexibility index (Phi) is 8.94. The van der Waals surface area contributed by atoms with E-state index in [1.54, 1.807) is 5.57 Å². The van der Waals surface area contributed by atoms with Gasteiger partial charge in [0.25, 0.3) is 0 Å². The third-order valence-corrected chi connectivity index (χ3v) is 3.89. The van der Waals surface area contributed by atoms with Gasteiger partial charge in [0.1, 0.15) is 0 Å². The number of hydrogen-bond donors (Lipinski definition) is 0. The van der Waals surface area contributed by atoms with Gasteiger partial charge in [0, 0.05) is 0 Å². The summed E-state index contributed by atoms with van der Waals surface area (Å²) in [4.78, 5) is 0. The lowest BCUT2D eigenvalue weighted by Crippen LogP contribution is -2.07. The highest BCUT2D eigenvalue weighted by Gasteiger charge is 2.14. The highest BCUT2D eigenvalue weighted by Crippen LogP contribution is 2.29. The molecule has 0 aromatic heterocycles. The van der Waals surface area contributed by atoms with Gasteiger partial charge in [-0.2, -0.15) is 0 Å². The molecule has 0 unspecified atom stereocenters. The number of allylic oxidation sites excluding steroid dienone is 6. The molecular formula is C21H38. The van der Waals surface area contributed by atoms with Crippen LogP contribution in [-0.4, -0.2) is 0 Å². The Bertz CT molecular complexity index is 374. The zero-order chi connectivity index (χ0) is 16.7. The summed E-state index contributed by atoms with van der Waals surface area (Å²) in [5.41, 5.74) is 4.58. The minimum atomic E-state index is 0.562. The second-order valence-electron chi connectivity index (χ2n) is 7.78. The van der Waals surface area contributed by atoms with Crippen LogP contribution in [0.5, 0.6) is 0 Å². The molecule has 0 nitrogen and oxygen atoms in total. The van der Waals surface area contributed by atoms with Gasteiger partial charge in [-0.1, -0.05) is 93.0 Å². The van der Waals surface area contributed by atoms with Crippen LogP contribution in [0.2, 0.25) is 0 Å². The molecule has 0 fully saturated rings. The van der Waals surface area contributed by atoms with Gasteiger partial charge in [-0.3, -0.25) is 0 Å². The molecule has 0 aliphatic rings. The first kappa shape index (κ1) is 20.2. The van der Waals surface area contributed by atoms with E-state index in [1.807, 2.05) is 0 Å². The van der Waals surface area contributed by atoms with Gasteiger partial charge >= 0.3 is 0 Å². The Morgan fingerprint density at radius 3 is 1.29 bits per heavy atom. The molecule has 0 aromatic carbocycles. The van der Waals surface area contributed by atoms with Crippen molar-refractivity contribution in [2.24, 2.45) is 29.6 Å². The average Bonchev–Trinajstić information content (AvgIpc) is 2.30. The molecule has 0 bridgehead atoms. The molecule has 0 aliphatic carbocycles. The van der Waals surface area contributed by atoms with Crippen molar-refractivity contribution in [2.75, 3.05) is 0 Å². The van der Waals surface area contributed by atoms with E-state index in [1.165, 1.54) is 11.1 Å². The molecule has 0 aliphatic heterocycles. The number of rotatable bonds is 7. The standard InChI is InChI=1S/C21H38/c1-14(2)11-12-19(15(3)4)21(18(9)10)13-20(16(5)6)17(7)8/h11-18H,1-10H3/b12-11-,21-19-. The van der Waals surface area contributed by atoms with Crippen LogP contribution in [0.1, 0.15) is 69.2 Å². The van der Waals surface area contributed by atoms with Crippen molar-refractivity contribution in [3.63, 3.8) is 0 Å². The Morgan fingerprint density at radius 2 is 1.00 bits per heavy atom. The molecule has 0 N–H and O–H groups in total. The minimum Gasteiger partial charge on any atom is -0.0817 e. The maximum atomic E-state index is 2.49. The molecule has 0 heterocycles. The van der Waals surface area contributed by atoms with Gasteiger partial charge in [-0.05, 0) is 40.7 Å². The lowest BCUT2D eigenvalue weighted by atomic mass is 9.84. The van der Waals surface area contributed by atoms with Gasteiger partial charge in [0.2, 0.25) is 0 Å². The van der Waals surface area contributed by atoms with Crippen LogP contribution >= 0.6 is 0 Å². The summed E-state index contributed by atoms with van der Waals surface area (Å²) in [7, 11) is 0. The van der Waals surface area contributed by atoms with Gasteiger partial charge in [-0.15, -0.1) is 0 Å². The molecule has 0 heteroatoms. The zero-order valence-electron chi connectivity index (χ0n) is 16.1. The molecule has 122 valence electrons. The lowest BCUT2D eigenvalue weighted by Gasteiger charge is -2.22. The summed E-state index contributed by atoms with van der Waals surface area (Å²) in [6.45, 7) is 23.0. The minimum absolute atomic E-state index is 0.562. The fourth-order valence-corrected chi connectivity index (χ4v) is 2.68. The topological polar surface area (TPSA) is 0 Å². The van der Waals surface area contributed by atoms with Crippen molar-refractivity contribution in [3.05, 3.63) is 34.9 Å². The molecule has 0 atom stereocenters. The molecule has 0 saturated heterocycles. The van der Waals surface area contributed by atoms with Crippen molar-refractivity contribution < 1.29 is 0 Å². The van der Waals surface area contributed by atoms with Crippen LogP contribution in [0.3, 0.4) is 0 Å². The summed E-state index contributed by atoms with van der Waals surface area (Å²) in [5, 5.41) is 0. The monoisotopic (exact) mass is 290 g/mol. The molecule has 0 aromatic rings. The average molecular weight is 291 g/mol. The zero-order valence-corrected chi connectivity index (χ0v) is 16.1. The first-order chi connectivity index (χ1) is 9.57. The van der Waals surface area contributed by atoms with Crippen molar-refractivity contribution in [2.45, 2.75) is 69.2 Å². The molecule has 21 heavy (non-hydrogen) atoms. The summed E-state index contributed by atoms with van der Waals surface area (Å²) in [6.07, 6.45) is 7.18. The molecular weight excluding hydrogens is 252 g/mol. The van der Waals surface area contributed by atoms with Crippen LogP contribution in [0, 0.1) is 29.6 Å². The quantitative estimate of drug-likeness (QED) is 0.441. The Balaban J connectivity index is 6.00. The second kappa shape index (κ2) is 9.28. The fourth-order valence-electron chi connectivity index (χ4n) is 2.68. The first-order valence-electron chi connectivity index (χ1n) is 8.71. The largest absolute Gasteiger partial charge is 0.0817 e. The Morgan fingerprint density at radius 1 is 0.571 bits per heavy atom. The van der Waals surface area contributed by atoms with Crippen LogP contribution < -0.4 is 0 Å². The lowest BCUT2D eigenvalue weighted by molar-refractivity contribution is 0.619. The summed E-state index contributed by atoms with van der Waals surface area (Å²) in [6, 6.07) is 0. The van der Waals surface area contributed by atoms with E-state index in [9.17, 15) is 0 Å². The molecule has 0 radical (unpaired) electrons. The van der Waals surface area contributed by atoms with E-state index in [0.717, 1.165) is 0 Å². The summed E-state index contributed by atoms with van der Waals surface area (Å²) < 4.78 is 0. The van der Waals surface area contributed by atoms with E-state index in [-0.39, 0.29) is 0 Å². The summed E-state index contributed by atoms with van der Waals surface area (Å²) >= 11 is 0. The van der Waals surface area contributed by atoms with Crippen LogP contribution in [0.25, 0.3) is 0 Å². The van der Waals surface area contributed by atoms with E-state index in [0.29, 0.717) is 29.6 Å². The second-order valence-corrected chi connectivity index (χ2v) is 7.78. The maximum absolute atomic E-state index is 2.49. The Labute approximate surface area is 134 Å². The highest BCUT2D eigenvalue weighted by molar-refractivity contribution is 5.38. The fraction of sp³-hybridized carbons (Fsp3) is 0.714. The third-order valence-electron chi connectivity index (χ3n) is 3.89. The normalized spacial score (nSPS) is 14.0. The van der Waals surface area contributed by atoms with Crippen LogP contribution in [0.4, 0.5) is 0 Å². The van der Waals surface area contributed by atoms with Crippen molar-refractivity contribution in [1.29, 1.82) is 0 Å².